The van der Waals surface area contributed by atoms with Crippen LogP contribution >= 0.6 is 0 Å². The van der Waals surface area contributed by atoms with Crippen molar-refractivity contribution < 1.29 is 4.79 Å². The van der Waals surface area contributed by atoms with Gasteiger partial charge in [0.25, 0.3) is 5.91 Å². The Labute approximate surface area is 105 Å². The van der Waals surface area contributed by atoms with E-state index in [1.165, 1.54) is 4.90 Å². The summed E-state index contributed by atoms with van der Waals surface area (Å²) < 4.78 is 1.72. The van der Waals surface area contributed by atoms with Crippen molar-refractivity contribution in [1.82, 2.24) is 14.5 Å². The van der Waals surface area contributed by atoms with Gasteiger partial charge in [0.2, 0.25) is 0 Å². The average molecular weight is 240 g/mol. The van der Waals surface area contributed by atoms with E-state index in [1.807, 2.05) is 0 Å². The fourth-order valence-corrected chi connectivity index (χ4v) is 1.61. The molecule has 0 atom stereocenters. The molecule has 0 aromatic carbocycles. The van der Waals surface area contributed by atoms with E-state index in [4.69, 9.17) is 5.26 Å². The van der Waals surface area contributed by atoms with Crippen LogP contribution in [0.3, 0.4) is 0 Å². The Morgan fingerprint density at radius 1 is 1.44 bits per heavy atom. The van der Waals surface area contributed by atoms with E-state index in [0.717, 1.165) is 5.69 Å². The van der Waals surface area contributed by atoms with Gasteiger partial charge in [-0.1, -0.05) is 0 Å². The van der Waals surface area contributed by atoms with E-state index in [-0.39, 0.29) is 5.91 Å². The maximum absolute atomic E-state index is 11.8. The zero-order chi connectivity index (χ0) is 13.1. The van der Waals surface area contributed by atoms with Crippen LogP contribution in [0.15, 0.2) is 36.7 Å². The highest BCUT2D eigenvalue weighted by molar-refractivity contribution is 5.92. The first-order chi connectivity index (χ1) is 8.63. The summed E-state index contributed by atoms with van der Waals surface area (Å²) in [6, 6.07) is 9.02. The van der Waals surface area contributed by atoms with Gasteiger partial charge in [0.15, 0.2) is 0 Å². The molecule has 0 aliphatic carbocycles. The predicted molar refractivity (Wildman–Crippen MR) is 66.3 cm³/mol. The fourth-order valence-electron chi connectivity index (χ4n) is 1.61. The lowest BCUT2D eigenvalue weighted by Crippen LogP contribution is -2.22. The van der Waals surface area contributed by atoms with Crippen LogP contribution in [0.2, 0.25) is 0 Å². The van der Waals surface area contributed by atoms with E-state index in [0.29, 0.717) is 11.4 Å². The molecule has 2 aromatic rings. The van der Waals surface area contributed by atoms with Gasteiger partial charge in [-0.2, -0.15) is 5.26 Å². The van der Waals surface area contributed by atoms with Gasteiger partial charge in [-0.05, 0) is 24.3 Å². The fraction of sp³-hybridized carbons (Fsp3) is 0.154. The number of rotatable bonds is 2. The number of carbonyl (C=O) groups is 1. The van der Waals surface area contributed by atoms with Crippen LogP contribution in [0.4, 0.5) is 0 Å². The summed E-state index contributed by atoms with van der Waals surface area (Å²) in [7, 11) is 3.35. The molecule has 0 aliphatic rings. The number of pyridine rings is 1. The van der Waals surface area contributed by atoms with Crippen molar-refractivity contribution in [3.8, 4) is 11.8 Å². The van der Waals surface area contributed by atoms with Crippen LogP contribution in [0.25, 0.3) is 5.69 Å². The highest BCUT2D eigenvalue weighted by atomic mass is 16.2. The Bertz CT molecular complexity index is 622. The maximum atomic E-state index is 11.8. The summed E-state index contributed by atoms with van der Waals surface area (Å²) in [5.41, 5.74) is 1.62. The molecule has 1 amide bonds. The maximum Gasteiger partial charge on any atom is 0.272 e. The van der Waals surface area contributed by atoms with Crippen LogP contribution in [0.1, 0.15) is 16.2 Å². The monoisotopic (exact) mass is 240 g/mol. The first-order valence-electron chi connectivity index (χ1n) is 5.39. The third kappa shape index (κ3) is 2.09. The van der Waals surface area contributed by atoms with Crippen molar-refractivity contribution in [2.45, 2.75) is 0 Å². The molecule has 2 aromatic heterocycles. The van der Waals surface area contributed by atoms with Gasteiger partial charge in [-0.3, -0.25) is 9.78 Å². The molecule has 0 fully saturated rings. The Hall–Kier alpha value is -2.61. The molecule has 5 nitrogen and oxygen atoms in total. The Kier molecular flexibility index (Phi) is 3.11. The number of carbonyl (C=O) groups excluding carboxylic acids is 1. The standard InChI is InChI=1S/C13H12N4O/c1-16(2)13(18)12-8-10(5-6-15-12)17-7-3-4-11(17)9-14/h3-8H,1-2H3. The van der Waals surface area contributed by atoms with Crippen molar-refractivity contribution in [2.24, 2.45) is 0 Å². The van der Waals surface area contributed by atoms with Crippen LogP contribution in [-0.4, -0.2) is 34.5 Å². The second kappa shape index (κ2) is 4.72. The molecule has 0 bridgehead atoms. The van der Waals surface area contributed by atoms with Crippen molar-refractivity contribution in [2.75, 3.05) is 14.1 Å². The van der Waals surface area contributed by atoms with Gasteiger partial charge in [0.1, 0.15) is 17.5 Å². The summed E-state index contributed by atoms with van der Waals surface area (Å²) in [6.45, 7) is 0. The first-order valence-corrected chi connectivity index (χ1v) is 5.39. The second-order valence-corrected chi connectivity index (χ2v) is 3.97. The largest absolute Gasteiger partial charge is 0.343 e. The normalized spacial score (nSPS) is 9.83. The van der Waals surface area contributed by atoms with Crippen LogP contribution in [0.5, 0.6) is 0 Å². The number of nitriles is 1. The van der Waals surface area contributed by atoms with E-state index in [2.05, 4.69) is 11.1 Å². The molecular weight excluding hydrogens is 228 g/mol. The smallest absolute Gasteiger partial charge is 0.272 e. The summed E-state index contributed by atoms with van der Waals surface area (Å²) in [5, 5.41) is 8.97. The zero-order valence-corrected chi connectivity index (χ0v) is 10.2. The molecule has 90 valence electrons. The van der Waals surface area contributed by atoms with E-state index in [1.54, 1.807) is 55.3 Å². The molecule has 18 heavy (non-hydrogen) atoms. The summed E-state index contributed by atoms with van der Waals surface area (Å²) in [6.07, 6.45) is 3.34. The number of amides is 1. The molecule has 0 radical (unpaired) electrons. The van der Waals surface area contributed by atoms with Gasteiger partial charge in [0.05, 0.1) is 5.69 Å². The molecule has 0 N–H and O–H groups in total. The quantitative estimate of drug-likeness (QED) is 0.798. The second-order valence-electron chi connectivity index (χ2n) is 3.97. The Balaban J connectivity index is 2.46. The lowest BCUT2D eigenvalue weighted by Gasteiger charge is -2.11. The zero-order valence-electron chi connectivity index (χ0n) is 10.2. The minimum atomic E-state index is -0.164. The molecule has 0 saturated heterocycles. The summed E-state index contributed by atoms with van der Waals surface area (Å²) in [4.78, 5) is 17.3. The Morgan fingerprint density at radius 3 is 2.89 bits per heavy atom. The van der Waals surface area contributed by atoms with Crippen molar-refractivity contribution >= 4 is 5.91 Å². The Morgan fingerprint density at radius 2 is 2.22 bits per heavy atom. The highest BCUT2D eigenvalue weighted by Gasteiger charge is 2.11. The topological polar surface area (TPSA) is 61.9 Å². The lowest BCUT2D eigenvalue weighted by atomic mass is 10.3. The SMILES string of the molecule is CN(C)C(=O)c1cc(-n2cccc2C#N)ccn1. The molecule has 2 heterocycles. The molecule has 0 aliphatic heterocycles. The van der Waals surface area contributed by atoms with Crippen molar-refractivity contribution in [1.29, 1.82) is 5.26 Å². The first kappa shape index (κ1) is 11.9. The number of hydrogen-bond acceptors (Lipinski definition) is 3. The molecular formula is C13H12N4O. The number of aromatic nitrogens is 2. The van der Waals surface area contributed by atoms with Crippen LogP contribution in [-0.2, 0) is 0 Å². The van der Waals surface area contributed by atoms with Gasteiger partial charge in [0, 0.05) is 26.5 Å². The van der Waals surface area contributed by atoms with Gasteiger partial charge in [-0.15, -0.1) is 0 Å². The van der Waals surface area contributed by atoms with Crippen LogP contribution < -0.4 is 0 Å². The van der Waals surface area contributed by atoms with E-state index < -0.39 is 0 Å². The molecule has 0 unspecified atom stereocenters. The van der Waals surface area contributed by atoms with Crippen molar-refractivity contribution in [3.05, 3.63) is 48.0 Å². The number of nitrogens with zero attached hydrogens (tertiary/aromatic N) is 4. The lowest BCUT2D eigenvalue weighted by molar-refractivity contribution is 0.0822. The molecule has 2 rings (SSSR count). The molecule has 0 saturated carbocycles. The predicted octanol–water partition coefficient (Wildman–Crippen LogP) is 1.45. The third-order valence-corrected chi connectivity index (χ3v) is 2.51. The minimum Gasteiger partial charge on any atom is -0.343 e. The molecule has 0 spiro atoms. The summed E-state index contributed by atoms with van der Waals surface area (Å²) in [5.74, 6) is -0.164. The van der Waals surface area contributed by atoms with Gasteiger partial charge < -0.3 is 9.47 Å². The van der Waals surface area contributed by atoms with E-state index >= 15 is 0 Å². The molecule has 5 heteroatoms. The summed E-state index contributed by atoms with van der Waals surface area (Å²) >= 11 is 0. The van der Waals surface area contributed by atoms with Crippen molar-refractivity contribution in [3.63, 3.8) is 0 Å². The minimum absolute atomic E-state index is 0.164. The van der Waals surface area contributed by atoms with Crippen LogP contribution in [0, 0.1) is 11.3 Å². The third-order valence-electron chi connectivity index (χ3n) is 2.51. The van der Waals surface area contributed by atoms with Gasteiger partial charge >= 0.3 is 0 Å². The highest BCUT2D eigenvalue weighted by Crippen LogP contribution is 2.13. The van der Waals surface area contributed by atoms with Gasteiger partial charge in [-0.25, -0.2) is 0 Å². The van der Waals surface area contributed by atoms with E-state index in [9.17, 15) is 4.79 Å². The average Bonchev–Trinajstić information content (AvgIpc) is 2.86. The number of hydrogen-bond donors (Lipinski definition) is 0.